The Morgan fingerprint density at radius 2 is 2.03 bits per heavy atom. The fourth-order valence-corrected chi connectivity index (χ4v) is 3.79. The highest BCUT2D eigenvalue weighted by molar-refractivity contribution is 6.30. The first kappa shape index (κ1) is 27.4. The minimum atomic E-state index is -0.899. The van der Waals surface area contributed by atoms with Gasteiger partial charge in [-0.05, 0) is 57.2 Å². The first-order valence-corrected chi connectivity index (χ1v) is 11.8. The SMILES string of the molecule is CC(C)C[C@H](NC(=O)OCC(C)(C)Oc1cccc(Cl)c1)C(=O)N[C@H](C=O)C[C@@H]1CCNC1=O. The third kappa shape index (κ3) is 9.21. The highest BCUT2D eigenvalue weighted by Gasteiger charge is 2.30. The van der Waals surface area contributed by atoms with Crippen LogP contribution in [0.5, 0.6) is 5.75 Å². The molecule has 188 valence electrons. The van der Waals surface area contributed by atoms with E-state index in [1.54, 1.807) is 38.1 Å². The Kier molecular flexibility index (Phi) is 10.2. The van der Waals surface area contributed by atoms with Gasteiger partial charge in [0.05, 0.1) is 6.04 Å². The van der Waals surface area contributed by atoms with Crippen molar-refractivity contribution in [1.29, 1.82) is 0 Å². The molecule has 9 nitrogen and oxygen atoms in total. The topological polar surface area (TPSA) is 123 Å². The molecule has 1 aromatic carbocycles. The molecule has 10 heteroatoms. The van der Waals surface area contributed by atoms with Crippen molar-refractivity contribution in [2.75, 3.05) is 13.2 Å². The largest absolute Gasteiger partial charge is 0.484 e. The van der Waals surface area contributed by atoms with Crippen molar-refractivity contribution < 1.29 is 28.7 Å². The van der Waals surface area contributed by atoms with E-state index in [-0.39, 0.29) is 30.8 Å². The molecule has 1 saturated heterocycles. The lowest BCUT2D eigenvalue weighted by Gasteiger charge is -2.27. The van der Waals surface area contributed by atoms with Crippen molar-refractivity contribution in [3.05, 3.63) is 29.3 Å². The number of halogens is 1. The number of amides is 3. The smallest absolute Gasteiger partial charge is 0.407 e. The molecule has 3 atom stereocenters. The van der Waals surface area contributed by atoms with E-state index in [2.05, 4.69) is 16.0 Å². The van der Waals surface area contributed by atoms with Gasteiger partial charge in [0.25, 0.3) is 0 Å². The van der Waals surface area contributed by atoms with Gasteiger partial charge in [-0.25, -0.2) is 4.79 Å². The predicted molar refractivity (Wildman–Crippen MR) is 128 cm³/mol. The lowest BCUT2D eigenvalue weighted by molar-refractivity contribution is -0.127. The molecule has 2 rings (SSSR count). The number of hydrogen-bond donors (Lipinski definition) is 3. The minimum Gasteiger partial charge on any atom is -0.484 e. The van der Waals surface area contributed by atoms with Crippen LogP contribution in [0.3, 0.4) is 0 Å². The Hall–Kier alpha value is -2.81. The number of benzene rings is 1. The van der Waals surface area contributed by atoms with Gasteiger partial charge in [-0.1, -0.05) is 31.5 Å². The van der Waals surface area contributed by atoms with E-state index in [0.717, 1.165) is 0 Å². The summed E-state index contributed by atoms with van der Waals surface area (Å²) < 4.78 is 11.2. The maximum Gasteiger partial charge on any atom is 0.407 e. The number of aldehydes is 1. The average molecular weight is 496 g/mol. The zero-order valence-electron chi connectivity index (χ0n) is 20.1. The van der Waals surface area contributed by atoms with Crippen LogP contribution in [-0.4, -0.2) is 55.0 Å². The fourth-order valence-electron chi connectivity index (χ4n) is 3.61. The van der Waals surface area contributed by atoms with Gasteiger partial charge in [0, 0.05) is 17.5 Å². The monoisotopic (exact) mass is 495 g/mol. The van der Waals surface area contributed by atoms with E-state index < -0.39 is 29.7 Å². The molecule has 3 amide bonds. The van der Waals surface area contributed by atoms with Gasteiger partial charge < -0.3 is 30.2 Å². The van der Waals surface area contributed by atoms with Gasteiger partial charge in [-0.15, -0.1) is 0 Å². The third-order valence-electron chi connectivity index (χ3n) is 5.25. The van der Waals surface area contributed by atoms with E-state index in [1.165, 1.54) is 0 Å². The number of hydrogen-bond acceptors (Lipinski definition) is 6. The summed E-state index contributed by atoms with van der Waals surface area (Å²) in [5.41, 5.74) is -0.845. The number of alkyl carbamates (subject to hydrolysis) is 1. The highest BCUT2D eigenvalue weighted by atomic mass is 35.5. The molecule has 1 aromatic rings. The summed E-state index contributed by atoms with van der Waals surface area (Å²) in [6.45, 7) is 7.82. The lowest BCUT2D eigenvalue weighted by Crippen LogP contribution is -2.51. The summed E-state index contributed by atoms with van der Waals surface area (Å²) in [7, 11) is 0. The molecule has 0 saturated carbocycles. The average Bonchev–Trinajstić information content (AvgIpc) is 3.15. The maximum absolute atomic E-state index is 12.8. The van der Waals surface area contributed by atoms with Crippen LogP contribution in [0, 0.1) is 11.8 Å². The third-order valence-corrected chi connectivity index (χ3v) is 5.49. The Bertz CT molecular complexity index is 876. The van der Waals surface area contributed by atoms with Gasteiger partial charge in [0.15, 0.2) is 0 Å². The second kappa shape index (κ2) is 12.6. The second-order valence-corrected chi connectivity index (χ2v) is 9.92. The molecule has 1 heterocycles. The molecule has 1 aliphatic rings. The summed E-state index contributed by atoms with van der Waals surface area (Å²) in [5.74, 6) is -0.318. The van der Waals surface area contributed by atoms with Crippen molar-refractivity contribution >= 4 is 35.8 Å². The Labute approximate surface area is 205 Å². The lowest BCUT2D eigenvalue weighted by atomic mass is 9.98. The summed E-state index contributed by atoms with van der Waals surface area (Å²) in [4.78, 5) is 48.6. The standard InChI is InChI=1S/C24H34ClN3O6/c1-15(2)10-20(22(31)27-18(13-29)11-16-8-9-26-21(16)30)28-23(32)33-14-24(3,4)34-19-7-5-6-17(25)12-19/h5-7,12-13,15-16,18,20H,8-11,14H2,1-4H3,(H,26,30)(H,27,31)(H,28,32)/t16-,18-,20-/m0/s1. The summed E-state index contributed by atoms with van der Waals surface area (Å²) in [6.07, 6.45) is 1.02. The Balaban J connectivity index is 1.91. The van der Waals surface area contributed by atoms with Crippen LogP contribution in [-0.2, 0) is 19.1 Å². The molecule has 0 aromatic heterocycles. The van der Waals surface area contributed by atoms with Crippen LogP contribution in [0.25, 0.3) is 0 Å². The molecule has 0 unspecified atom stereocenters. The van der Waals surface area contributed by atoms with Crippen LogP contribution in [0.15, 0.2) is 24.3 Å². The number of carbonyl (C=O) groups excluding carboxylic acids is 4. The Morgan fingerprint density at radius 1 is 1.29 bits per heavy atom. The number of carbonyl (C=O) groups is 4. The zero-order valence-corrected chi connectivity index (χ0v) is 20.8. The molecule has 1 fully saturated rings. The number of nitrogens with one attached hydrogen (secondary N) is 3. The molecule has 0 radical (unpaired) electrons. The van der Waals surface area contributed by atoms with Gasteiger partial charge >= 0.3 is 6.09 Å². The van der Waals surface area contributed by atoms with Crippen LogP contribution in [0.2, 0.25) is 5.02 Å². The Morgan fingerprint density at radius 3 is 2.62 bits per heavy atom. The molecular weight excluding hydrogens is 462 g/mol. The van der Waals surface area contributed by atoms with Crippen molar-refractivity contribution in [1.82, 2.24) is 16.0 Å². The van der Waals surface area contributed by atoms with Gasteiger partial charge in [0.1, 0.15) is 30.3 Å². The van der Waals surface area contributed by atoms with Gasteiger partial charge in [-0.2, -0.15) is 0 Å². The van der Waals surface area contributed by atoms with Gasteiger partial charge in [0.2, 0.25) is 11.8 Å². The summed E-state index contributed by atoms with van der Waals surface area (Å²) in [5, 5.41) is 8.46. The first-order valence-electron chi connectivity index (χ1n) is 11.4. The first-order chi connectivity index (χ1) is 16.0. The normalized spacial score (nSPS) is 17.5. The van der Waals surface area contributed by atoms with Crippen molar-refractivity contribution in [3.8, 4) is 5.75 Å². The minimum absolute atomic E-state index is 0.0743. The highest BCUT2D eigenvalue weighted by Crippen LogP contribution is 2.22. The van der Waals surface area contributed by atoms with E-state index >= 15 is 0 Å². The quantitative estimate of drug-likeness (QED) is 0.383. The second-order valence-electron chi connectivity index (χ2n) is 9.49. The van der Waals surface area contributed by atoms with Crippen LogP contribution >= 0.6 is 11.6 Å². The van der Waals surface area contributed by atoms with E-state index in [9.17, 15) is 19.2 Å². The van der Waals surface area contributed by atoms with Crippen LogP contribution in [0.4, 0.5) is 4.79 Å². The van der Waals surface area contributed by atoms with Gasteiger partial charge in [-0.3, -0.25) is 9.59 Å². The van der Waals surface area contributed by atoms with Crippen LogP contribution in [0.1, 0.15) is 47.0 Å². The fraction of sp³-hybridized carbons (Fsp3) is 0.583. The molecule has 0 bridgehead atoms. The predicted octanol–water partition coefficient (Wildman–Crippen LogP) is 2.85. The number of rotatable bonds is 12. The number of ether oxygens (including phenoxy) is 2. The zero-order chi connectivity index (χ0) is 25.3. The molecule has 0 spiro atoms. The summed E-state index contributed by atoms with van der Waals surface area (Å²) >= 11 is 5.98. The van der Waals surface area contributed by atoms with E-state index in [4.69, 9.17) is 21.1 Å². The van der Waals surface area contributed by atoms with E-state index in [1.807, 2.05) is 13.8 Å². The molecule has 3 N–H and O–H groups in total. The molecule has 34 heavy (non-hydrogen) atoms. The molecule has 0 aliphatic carbocycles. The molecular formula is C24H34ClN3O6. The van der Waals surface area contributed by atoms with Crippen molar-refractivity contribution in [2.24, 2.45) is 11.8 Å². The molecule has 1 aliphatic heterocycles. The maximum atomic E-state index is 12.8. The summed E-state index contributed by atoms with van der Waals surface area (Å²) in [6, 6.07) is 5.16. The van der Waals surface area contributed by atoms with Crippen molar-refractivity contribution in [2.45, 2.75) is 64.6 Å². The van der Waals surface area contributed by atoms with Crippen LogP contribution < -0.4 is 20.7 Å². The van der Waals surface area contributed by atoms with E-state index in [0.29, 0.717) is 36.4 Å². The van der Waals surface area contributed by atoms with Crippen molar-refractivity contribution in [3.63, 3.8) is 0 Å².